The normalized spacial score (nSPS) is 14.5. The maximum atomic E-state index is 12.2. The highest BCUT2D eigenvalue weighted by Crippen LogP contribution is 2.14. The van der Waals surface area contributed by atoms with E-state index < -0.39 is 10.8 Å². The number of hydrogen-bond donors (Lipinski definition) is 2. The van der Waals surface area contributed by atoms with E-state index in [4.69, 9.17) is 0 Å². The van der Waals surface area contributed by atoms with Crippen LogP contribution in [0.25, 0.3) is 0 Å². The van der Waals surface area contributed by atoms with Crippen LogP contribution in [0.15, 0.2) is 0 Å². The fourth-order valence-corrected chi connectivity index (χ4v) is 5.58. The van der Waals surface area contributed by atoms with E-state index in [1.165, 1.54) is 103 Å². The van der Waals surface area contributed by atoms with Gasteiger partial charge in [-0.05, 0) is 25.7 Å². The highest BCUT2D eigenvalue weighted by atomic mass is 32.2. The first kappa shape index (κ1) is 32.1. The van der Waals surface area contributed by atoms with Crippen LogP contribution in [0.1, 0.15) is 155 Å². The van der Waals surface area contributed by atoms with Gasteiger partial charge in [0.1, 0.15) is 0 Å². The van der Waals surface area contributed by atoms with Crippen molar-refractivity contribution in [3.63, 3.8) is 0 Å². The number of aliphatic hydroxyl groups is 2. The maximum absolute atomic E-state index is 12.2. The van der Waals surface area contributed by atoms with Crippen LogP contribution >= 0.6 is 0 Å². The number of rotatable bonds is 26. The monoisotopic (exact) mass is 474 g/mol. The van der Waals surface area contributed by atoms with Gasteiger partial charge in [-0.3, -0.25) is 4.21 Å². The molecule has 0 amide bonds. The second-order valence-corrected chi connectivity index (χ2v) is 11.7. The van der Waals surface area contributed by atoms with Crippen molar-refractivity contribution in [1.29, 1.82) is 0 Å². The first-order chi connectivity index (χ1) is 15.6. The zero-order valence-corrected chi connectivity index (χ0v) is 22.7. The van der Waals surface area contributed by atoms with Crippen molar-refractivity contribution in [3.8, 4) is 0 Å². The molecular formula is C28H58O3S. The minimum absolute atomic E-state index is 0.310. The van der Waals surface area contributed by atoms with Crippen molar-refractivity contribution in [2.24, 2.45) is 0 Å². The first-order valence-corrected chi connectivity index (χ1v) is 15.8. The molecule has 2 atom stereocenters. The smallest absolute Gasteiger partial charge is 0.0549 e. The summed E-state index contributed by atoms with van der Waals surface area (Å²) in [5, 5.41) is 20.3. The molecule has 0 saturated heterocycles. The maximum Gasteiger partial charge on any atom is 0.0549 e. The van der Waals surface area contributed by atoms with Crippen LogP contribution in [-0.2, 0) is 10.8 Å². The molecule has 0 aromatic heterocycles. The Hall–Kier alpha value is 0.0700. The Morgan fingerprint density at radius 3 is 1.06 bits per heavy atom. The summed E-state index contributed by atoms with van der Waals surface area (Å²) >= 11 is 0. The summed E-state index contributed by atoms with van der Waals surface area (Å²) in [6.45, 7) is 4.51. The lowest BCUT2D eigenvalue weighted by Crippen LogP contribution is -2.16. The lowest BCUT2D eigenvalue weighted by Gasteiger charge is -2.12. The Balaban J connectivity index is 3.44. The van der Waals surface area contributed by atoms with Crippen LogP contribution in [0.5, 0.6) is 0 Å². The van der Waals surface area contributed by atoms with Gasteiger partial charge in [-0.1, -0.05) is 129 Å². The van der Waals surface area contributed by atoms with Gasteiger partial charge in [0, 0.05) is 22.3 Å². The lowest BCUT2D eigenvalue weighted by molar-refractivity contribution is 0.156. The Labute approximate surface area is 204 Å². The lowest BCUT2D eigenvalue weighted by atomic mass is 10.0. The van der Waals surface area contributed by atoms with Crippen molar-refractivity contribution >= 4 is 10.8 Å². The summed E-state index contributed by atoms with van der Waals surface area (Å²) in [5.74, 6) is 1.15. The molecule has 0 aliphatic carbocycles. The van der Waals surface area contributed by atoms with Gasteiger partial charge in [-0.15, -0.1) is 0 Å². The zero-order valence-electron chi connectivity index (χ0n) is 21.8. The average molecular weight is 475 g/mol. The third-order valence-corrected chi connectivity index (χ3v) is 8.02. The summed E-state index contributed by atoms with van der Waals surface area (Å²) in [6.07, 6.45) is 25.7. The van der Waals surface area contributed by atoms with E-state index in [1.807, 2.05) is 0 Å². The van der Waals surface area contributed by atoms with Gasteiger partial charge in [0.05, 0.1) is 12.2 Å². The van der Waals surface area contributed by atoms with Gasteiger partial charge < -0.3 is 10.2 Å². The fourth-order valence-electron chi connectivity index (χ4n) is 4.31. The predicted octanol–water partition coefficient (Wildman–Crippen LogP) is 8.08. The summed E-state index contributed by atoms with van der Waals surface area (Å²) < 4.78 is 12.2. The summed E-state index contributed by atoms with van der Waals surface area (Å²) in [6, 6.07) is 0. The summed E-state index contributed by atoms with van der Waals surface area (Å²) in [7, 11) is -0.911. The quantitative estimate of drug-likeness (QED) is 0.125. The molecule has 0 radical (unpaired) electrons. The molecule has 0 bridgehead atoms. The van der Waals surface area contributed by atoms with Gasteiger partial charge in [-0.2, -0.15) is 0 Å². The molecule has 2 N–H and O–H groups in total. The van der Waals surface area contributed by atoms with E-state index in [0.717, 1.165) is 25.7 Å². The minimum atomic E-state index is -0.911. The Morgan fingerprint density at radius 2 is 0.750 bits per heavy atom. The molecule has 32 heavy (non-hydrogen) atoms. The molecule has 3 nitrogen and oxygen atoms in total. The highest BCUT2D eigenvalue weighted by molar-refractivity contribution is 7.84. The van der Waals surface area contributed by atoms with Crippen LogP contribution in [0, 0.1) is 0 Å². The molecule has 0 aromatic carbocycles. The van der Waals surface area contributed by atoms with E-state index in [-0.39, 0.29) is 12.2 Å². The van der Waals surface area contributed by atoms with Gasteiger partial charge in [0.2, 0.25) is 0 Å². The van der Waals surface area contributed by atoms with Gasteiger partial charge in [0.15, 0.2) is 0 Å². The van der Waals surface area contributed by atoms with E-state index >= 15 is 0 Å². The van der Waals surface area contributed by atoms with Crippen LogP contribution in [-0.4, -0.2) is 38.1 Å². The number of aliphatic hydroxyl groups excluding tert-OH is 2. The van der Waals surface area contributed by atoms with E-state index in [0.29, 0.717) is 24.3 Å². The Kier molecular flexibility index (Phi) is 25.7. The van der Waals surface area contributed by atoms with E-state index in [2.05, 4.69) is 13.8 Å². The van der Waals surface area contributed by atoms with Gasteiger partial charge >= 0.3 is 0 Å². The van der Waals surface area contributed by atoms with Crippen LogP contribution in [0.2, 0.25) is 0 Å². The number of unbranched alkanes of at least 4 members (excludes halogenated alkanes) is 16. The Morgan fingerprint density at radius 1 is 0.469 bits per heavy atom. The van der Waals surface area contributed by atoms with Crippen LogP contribution in [0.3, 0.4) is 0 Å². The molecule has 2 unspecified atom stereocenters. The van der Waals surface area contributed by atoms with Crippen LogP contribution < -0.4 is 0 Å². The van der Waals surface area contributed by atoms with E-state index in [1.54, 1.807) is 0 Å². The fraction of sp³-hybridized carbons (Fsp3) is 1.00. The molecule has 0 fully saturated rings. The molecule has 0 aliphatic rings. The van der Waals surface area contributed by atoms with Crippen molar-refractivity contribution in [2.45, 2.75) is 167 Å². The molecule has 194 valence electrons. The third kappa shape index (κ3) is 24.7. The molecular weight excluding hydrogens is 416 g/mol. The van der Waals surface area contributed by atoms with Crippen molar-refractivity contribution in [3.05, 3.63) is 0 Å². The largest absolute Gasteiger partial charge is 0.393 e. The third-order valence-electron chi connectivity index (χ3n) is 6.64. The number of hydrogen-bond acceptors (Lipinski definition) is 3. The summed E-state index contributed by atoms with van der Waals surface area (Å²) in [4.78, 5) is 0. The summed E-state index contributed by atoms with van der Waals surface area (Å²) in [5.41, 5.74) is 0. The average Bonchev–Trinajstić information content (AvgIpc) is 2.79. The van der Waals surface area contributed by atoms with Gasteiger partial charge in [0.25, 0.3) is 0 Å². The van der Waals surface area contributed by atoms with Gasteiger partial charge in [-0.25, -0.2) is 0 Å². The van der Waals surface area contributed by atoms with E-state index in [9.17, 15) is 14.4 Å². The molecule has 0 saturated carbocycles. The zero-order chi connectivity index (χ0) is 23.7. The molecule has 0 spiro atoms. The molecule has 0 rings (SSSR count). The highest BCUT2D eigenvalue weighted by Gasteiger charge is 2.10. The molecule has 0 aliphatic heterocycles. The SMILES string of the molecule is CCCCCCCCCCCC(O)CCS(=O)CCC(O)CCCCCCCCCCC. The second-order valence-electron chi connectivity index (χ2n) is 9.97. The first-order valence-electron chi connectivity index (χ1n) is 14.3. The van der Waals surface area contributed by atoms with Crippen molar-refractivity contribution in [2.75, 3.05) is 11.5 Å². The molecule has 0 heterocycles. The van der Waals surface area contributed by atoms with Crippen molar-refractivity contribution < 1.29 is 14.4 Å². The minimum Gasteiger partial charge on any atom is -0.393 e. The predicted molar refractivity (Wildman–Crippen MR) is 143 cm³/mol. The standard InChI is InChI=1S/C28H58O3S/c1-3-5-7-9-11-13-15-17-19-21-27(29)23-25-32(31)26-24-28(30)22-20-18-16-14-12-10-8-6-4-2/h27-30H,3-26H2,1-2H3. The second kappa shape index (κ2) is 25.7. The molecule has 0 aromatic rings. The topological polar surface area (TPSA) is 57.5 Å². The van der Waals surface area contributed by atoms with Crippen molar-refractivity contribution in [1.82, 2.24) is 0 Å². The Bertz CT molecular complexity index is 355. The van der Waals surface area contributed by atoms with Crippen LogP contribution in [0.4, 0.5) is 0 Å². The molecule has 4 heteroatoms.